The molecule has 0 aromatic heterocycles. The number of carbonyl (C=O) groups is 1. The summed E-state index contributed by atoms with van der Waals surface area (Å²) in [7, 11) is -1.73. The van der Waals surface area contributed by atoms with E-state index in [1.54, 1.807) is 0 Å². The van der Waals surface area contributed by atoms with E-state index >= 15 is 0 Å². The Morgan fingerprint density at radius 1 is 1.44 bits per heavy atom. The van der Waals surface area contributed by atoms with E-state index in [0.717, 1.165) is 12.8 Å². The number of hydrogen-bond donors (Lipinski definition) is 1. The number of aliphatic carboxylic acids is 1. The predicted octanol–water partition coefficient (Wildman–Crippen LogP) is 2.58. The van der Waals surface area contributed by atoms with Gasteiger partial charge in [-0.2, -0.15) is 13.2 Å². The molecule has 0 radical (unpaired) electrons. The molecule has 0 aliphatic heterocycles. The minimum absolute atomic E-state index is 0.294. The fourth-order valence-corrected chi connectivity index (χ4v) is 4.13. The van der Waals surface area contributed by atoms with Gasteiger partial charge < -0.3 is 5.11 Å². The summed E-state index contributed by atoms with van der Waals surface area (Å²) in [6, 6.07) is 0. The highest BCUT2D eigenvalue weighted by molar-refractivity contribution is 7.85. The van der Waals surface area contributed by atoms with Gasteiger partial charge in [0.15, 0.2) is 5.92 Å². The molecule has 0 aromatic carbocycles. The van der Waals surface area contributed by atoms with Crippen molar-refractivity contribution in [3.05, 3.63) is 0 Å². The number of carboxylic acids is 1. The first-order valence-corrected chi connectivity index (χ1v) is 7.26. The van der Waals surface area contributed by atoms with Crippen molar-refractivity contribution < 1.29 is 27.3 Å². The molecule has 0 aromatic rings. The van der Waals surface area contributed by atoms with Gasteiger partial charge in [-0.1, -0.05) is 19.8 Å². The molecule has 0 amide bonds. The molecule has 3 nitrogen and oxygen atoms in total. The van der Waals surface area contributed by atoms with Crippen LogP contribution in [0.2, 0.25) is 0 Å². The van der Waals surface area contributed by atoms with Crippen LogP contribution in [0.3, 0.4) is 0 Å². The molecule has 7 heteroatoms. The second-order valence-corrected chi connectivity index (χ2v) is 6.64. The number of alkyl halides is 3. The summed E-state index contributed by atoms with van der Waals surface area (Å²) in [6.07, 6.45) is -1.74. The molecule has 0 bridgehead atoms. The maximum atomic E-state index is 12.5. The number of halogens is 3. The van der Waals surface area contributed by atoms with Crippen LogP contribution < -0.4 is 0 Å². The van der Waals surface area contributed by atoms with E-state index in [1.165, 1.54) is 0 Å². The monoisotopic (exact) mass is 286 g/mol. The number of hydrogen-bond acceptors (Lipinski definition) is 2. The normalized spacial score (nSPS) is 28.7. The third-order valence-electron chi connectivity index (χ3n) is 3.28. The Morgan fingerprint density at radius 3 is 2.50 bits per heavy atom. The van der Waals surface area contributed by atoms with Crippen LogP contribution in [0.4, 0.5) is 13.2 Å². The highest BCUT2D eigenvalue weighted by atomic mass is 32.2. The van der Waals surface area contributed by atoms with Crippen molar-refractivity contribution in [1.29, 1.82) is 0 Å². The predicted molar refractivity (Wildman–Crippen MR) is 61.6 cm³/mol. The Morgan fingerprint density at radius 2 is 2.06 bits per heavy atom. The lowest BCUT2D eigenvalue weighted by Gasteiger charge is -2.27. The van der Waals surface area contributed by atoms with Crippen LogP contribution in [0.15, 0.2) is 0 Å². The van der Waals surface area contributed by atoms with Gasteiger partial charge in [-0.25, -0.2) is 0 Å². The molecule has 1 saturated carbocycles. The molecule has 4 atom stereocenters. The molecule has 106 valence electrons. The smallest absolute Gasteiger partial charge is 0.403 e. The summed E-state index contributed by atoms with van der Waals surface area (Å²) in [6.45, 7) is 1.97. The summed E-state index contributed by atoms with van der Waals surface area (Å²) in [5.41, 5.74) is 0. The van der Waals surface area contributed by atoms with Gasteiger partial charge in [0, 0.05) is 21.8 Å². The third-order valence-corrected chi connectivity index (χ3v) is 5.12. The standard InChI is InChI=1S/C11H17F3O3S/c1-7-3-2-4-8(5-7)18(17)6-9(10(15)16)11(12,13)14/h7-9H,2-6H2,1H3,(H,15,16). The zero-order valence-corrected chi connectivity index (χ0v) is 10.9. The Kier molecular flexibility index (Phi) is 5.19. The third kappa shape index (κ3) is 4.26. The topological polar surface area (TPSA) is 54.4 Å². The van der Waals surface area contributed by atoms with Crippen molar-refractivity contribution in [3.63, 3.8) is 0 Å². The van der Waals surface area contributed by atoms with Gasteiger partial charge in [0.05, 0.1) is 0 Å². The fraction of sp³-hybridized carbons (Fsp3) is 0.909. The van der Waals surface area contributed by atoms with E-state index in [-0.39, 0.29) is 5.25 Å². The highest BCUT2D eigenvalue weighted by Gasteiger charge is 2.46. The van der Waals surface area contributed by atoms with Gasteiger partial charge in [0.25, 0.3) is 0 Å². The first-order chi connectivity index (χ1) is 8.21. The van der Waals surface area contributed by atoms with Gasteiger partial charge in [-0.15, -0.1) is 0 Å². The molecule has 0 spiro atoms. The van der Waals surface area contributed by atoms with E-state index in [2.05, 4.69) is 0 Å². The van der Waals surface area contributed by atoms with Crippen LogP contribution in [-0.2, 0) is 15.6 Å². The van der Waals surface area contributed by atoms with Gasteiger partial charge in [-0.05, 0) is 18.8 Å². The van der Waals surface area contributed by atoms with E-state index < -0.39 is 34.6 Å². The van der Waals surface area contributed by atoms with Crippen molar-refractivity contribution >= 4 is 16.8 Å². The van der Waals surface area contributed by atoms with Crippen LogP contribution in [-0.4, -0.2) is 32.5 Å². The quantitative estimate of drug-likeness (QED) is 0.864. The molecule has 1 rings (SSSR count). The largest absolute Gasteiger partial charge is 0.481 e. The fourth-order valence-electron chi connectivity index (χ4n) is 2.22. The first-order valence-electron chi connectivity index (χ1n) is 5.88. The van der Waals surface area contributed by atoms with Crippen LogP contribution in [0.5, 0.6) is 0 Å². The van der Waals surface area contributed by atoms with Crippen molar-refractivity contribution in [2.24, 2.45) is 11.8 Å². The van der Waals surface area contributed by atoms with E-state index in [0.29, 0.717) is 18.8 Å². The average molecular weight is 286 g/mol. The summed E-state index contributed by atoms with van der Waals surface area (Å²) >= 11 is 0. The van der Waals surface area contributed by atoms with Gasteiger partial charge >= 0.3 is 12.1 Å². The first kappa shape index (κ1) is 15.5. The maximum absolute atomic E-state index is 12.5. The lowest BCUT2D eigenvalue weighted by Crippen LogP contribution is -2.38. The minimum Gasteiger partial charge on any atom is -0.481 e. The summed E-state index contributed by atoms with van der Waals surface area (Å²) in [4.78, 5) is 10.6. The molecule has 1 aliphatic rings. The Labute approximate surface area is 106 Å². The number of rotatable bonds is 4. The molecule has 18 heavy (non-hydrogen) atoms. The van der Waals surface area contributed by atoms with Crippen LogP contribution >= 0.6 is 0 Å². The van der Waals surface area contributed by atoms with Gasteiger partial charge in [-0.3, -0.25) is 9.00 Å². The zero-order chi connectivity index (χ0) is 13.9. The van der Waals surface area contributed by atoms with Crippen LogP contribution in [0.25, 0.3) is 0 Å². The summed E-state index contributed by atoms with van der Waals surface area (Å²) in [5, 5.41) is 8.26. The molecule has 1 fully saturated rings. The summed E-state index contributed by atoms with van der Waals surface area (Å²) < 4.78 is 49.2. The Bertz CT molecular complexity index is 330. The summed E-state index contributed by atoms with van der Waals surface area (Å²) in [5.74, 6) is -4.94. The van der Waals surface area contributed by atoms with Crippen molar-refractivity contribution in [1.82, 2.24) is 0 Å². The zero-order valence-electron chi connectivity index (χ0n) is 10.1. The number of carboxylic acid groups (broad SMARTS) is 1. The lowest BCUT2D eigenvalue weighted by atomic mass is 9.91. The van der Waals surface area contributed by atoms with Crippen LogP contribution in [0.1, 0.15) is 32.6 Å². The SMILES string of the molecule is CC1CCCC(S(=O)CC(C(=O)O)C(F)(F)F)C1. The molecule has 1 N–H and O–H groups in total. The van der Waals surface area contributed by atoms with E-state index in [9.17, 15) is 22.2 Å². The average Bonchev–Trinajstić information content (AvgIpc) is 2.23. The molecule has 1 aliphatic carbocycles. The van der Waals surface area contributed by atoms with E-state index in [4.69, 9.17) is 5.11 Å². The van der Waals surface area contributed by atoms with Crippen molar-refractivity contribution in [2.75, 3.05) is 5.75 Å². The molecule has 4 unspecified atom stereocenters. The van der Waals surface area contributed by atoms with Gasteiger partial charge in [0.1, 0.15) is 0 Å². The highest BCUT2D eigenvalue weighted by Crippen LogP contribution is 2.31. The molecule has 0 saturated heterocycles. The molecular formula is C11H17F3O3S. The van der Waals surface area contributed by atoms with E-state index in [1.807, 2.05) is 6.92 Å². The maximum Gasteiger partial charge on any atom is 0.403 e. The molecule has 0 heterocycles. The Hall–Kier alpha value is -0.590. The van der Waals surface area contributed by atoms with Crippen molar-refractivity contribution in [2.45, 2.75) is 44.0 Å². The van der Waals surface area contributed by atoms with Gasteiger partial charge in [0.2, 0.25) is 0 Å². The minimum atomic E-state index is -4.83. The van der Waals surface area contributed by atoms with Crippen molar-refractivity contribution in [3.8, 4) is 0 Å². The second-order valence-electron chi connectivity index (χ2n) is 4.87. The second kappa shape index (κ2) is 6.04. The lowest BCUT2D eigenvalue weighted by molar-refractivity contribution is -0.188. The van der Waals surface area contributed by atoms with Crippen LogP contribution in [0, 0.1) is 11.8 Å². The Balaban J connectivity index is 2.64. The molecular weight excluding hydrogens is 269 g/mol.